The second-order valence-corrected chi connectivity index (χ2v) is 7.67. The van der Waals surface area contributed by atoms with Crippen LogP contribution in [0.4, 0.5) is 5.69 Å². The van der Waals surface area contributed by atoms with Gasteiger partial charge in [0.15, 0.2) is 0 Å². The third-order valence-electron chi connectivity index (χ3n) is 5.82. The van der Waals surface area contributed by atoms with Gasteiger partial charge < -0.3 is 15.5 Å². The first-order valence-corrected chi connectivity index (χ1v) is 9.63. The number of benzene rings is 1. The Labute approximate surface area is 159 Å². The van der Waals surface area contributed by atoms with Gasteiger partial charge >= 0.3 is 0 Å². The van der Waals surface area contributed by atoms with Gasteiger partial charge in [-0.1, -0.05) is 18.2 Å². The summed E-state index contributed by atoms with van der Waals surface area (Å²) in [5, 5.41) is 6.21. The average molecular weight is 366 g/mol. The molecule has 3 heterocycles. The van der Waals surface area contributed by atoms with Crippen molar-refractivity contribution in [2.24, 2.45) is 5.92 Å². The van der Waals surface area contributed by atoms with Crippen LogP contribution in [0.5, 0.6) is 0 Å². The largest absolute Gasteiger partial charge is 0.366 e. The lowest BCUT2D eigenvalue weighted by Gasteiger charge is -2.36. The average Bonchev–Trinajstić information content (AvgIpc) is 2.79. The number of carbonyl (C=O) groups is 2. The molecule has 0 spiro atoms. The Hall–Kier alpha value is -2.60. The number of nitrogens with one attached hydrogen (secondary N) is 2. The standard InChI is InChI=1S/C21H26N4O2/c1-14-12-15(9-11-24(14)2)13-19(26)25-18-8-4-3-6-16(18)21(27)23-17-7-5-10-22-20(17)25/h3-8,14-15,22H,9-13H2,1-2H3,(H,23,27). The van der Waals surface area contributed by atoms with Gasteiger partial charge in [-0.25, -0.2) is 0 Å². The van der Waals surface area contributed by atoms with E-state index in [-0.39, 0.29) is 11.8 Å². The zero-order valence-corrected chi connectivity index (χ0v) is 15.9. The van der Waals surface area contributed by atoms with Gasteiger partial charge in [-0.3, -0.25) is 14.5 Å². The minimum Gasteiger partial charge on any atom is -0.366 e. The molecule has 3 aliphatic heterocycles. The highest BCUT2D eigenvalue weighted by Crippen LogP contribution is 2.32. The highest BCUT2D eigenvalue weighted by Gasteiger charge is 2.33. The zero-order chi connectivity index (χ0) is 19.0. The van der Waals surface area contributed by atoms with Crippen molar-refractivity contribution in [1.82, 2.24) is 15.5 Å². The van der Waals surface area contributed by atoms with Gasteiger partial charge in [0.2, 0.25) is 5.91 Å². The Balaban J connectivity index is 1.67. The van der Waals surface area contributed by atoms with Crippen LogP contribution in [0.1, 0.15) is 36.5 Å². The Morgan fingerprint density at radius 1 is 1.30 bits per heavy atom. The molecule has 2 unspecified atom stereocenters. The molecule has 0 aliphatic carbocycles. The fraction of sp³-hybridized carbons (Fsp3) is 0.429. The number of piperidine rings is 1. The predicted octanol–water partition coefficient (Wildman–Crippen LogP) is 2.21. The zero-order valence-electron chi connectivity index (χ0n) is 15.9. The Morgan fingerprint density at radius 3 is 2.93 bits per heavy atom. The van der Waals surface area contributed by atoms with Crippen LogP contribution in [-0.4, -0.2) is 42.9 Å². The Kier molecular flexibility index (Phi) is 4.74. The minimum absolute atomic E-state index is 0.0380. The molecule has 6 nitrogen and oxygen atoms in total. The molecule has 142 valence electrons. The number of para-hydroxylation sites is 1. The number of rotatable bonds is 2. The van der Waals surface area contributed by atoms with Crippen molar-refractivity contribution in [3.05, 3.63) is 53.5 Å². The number of dihydropyridines is 1. The van der Waals surface area contributed by atoms with Crippen LogP contribution in [0.2, 0.25) is 0 Å². The predicted molar refractivity (Wildman–Crippen MR) is 105 cm³/mol. The summed E-state index contributed by atoms with van der Waals surface area (Å²) >= 11 is 0. The number of nitrogens with zero attached hydrogens (tertiary/aromatic N) is 2. The van der Waals surface area contributed by atoms with Crippen LogP contribution in [0.15, 0.2) is 47.9 Å². The van der Waals surface area contributed by atoms with E-state index >= 15 is 0 Å². The summed E-state index contributed by atoms with van der Waals surface area (Å²) in [5.41, 5.74) is 1.81. The van der Waals surface area contributed by atoms with Gasteiger partial charge in [0.1, 0.15) is 5.82 Å². The van der Waals surface area contributed by atoms with Crippen LogP contribution in [0.3, 0.4) is 0 Å². The molecule has 4 rings (SSSR count). The lowest BCUT2D eigenvalue weighted by molar-refractivity contribution is -0.119. The molecule has 27 heavy (non-hydrogen) atoms. The van der Waals surface area contributed by atoms with Crippen molar-refractivity contribution in [1.29, 1.82) is 0 Å². The van der Waals surface area contributed by atoms with E-state index in [2.05, 4.69) is 29.5 Å². The molecule has 0 saturated carbocycles. The highest BCUT2D eigenvalue weighted by molar-refractivity contribution is 6.08. The minimum atomic E-state index is -0.185. The molecule has 1 saturated heterocycles. The van der Waals surface area contributed by atoms with Gasteiger partial charge in [-0.2, -0.15) is 0 Å². The SMILES string of the molecule is CC1CC(CC(=O)N2C3=C(C=CCN3)NC(=O)c3ccccc32)CCN1C. The summed E-state index contributed by atoms with van der Waals surface area (Å²) in [5.74, 6) is 0.887. The molecule has 0 bridgehead atoms. The number of fused-ring (bicyclic) bond motifs is 1. The third kappa shape index (κ3) is 3.37. The first-order chi connectivity index (χ1) is 13.0. The fourth-order valence-corrected chi connectivity index (χ4v) is 4.15. The van der Waals surface area contributed by atoms with E-state index in [1.807, 2.05) is 30.4 Å². The quantitative estimate of drug-likeness (QED) is 0.842. The van der Waals surface area contributed by atoms with Gasteiger partial charge in [-0.15, -0.1) is 0 Å². The van der Waals surface area contributed by atoms with Crippen molar-refractivity contribution in [2.45, 2.75) is 32.2 Å². The number of amides is 2. The lowest BCUT2D eigenvalue weighted by Crippen LogP contribution is -2.43. The molecule has 3 aliphatic rings. The number of carbonyl (C=O) groups excluding carboxylic acids is 2. The van der Waals surface area contributed by atoms with Crippen molar-refractivity contribution in [3.8, 4) is 0 Å². The lowest BCUT2D eigenvalue weighted by atomic mass is 9.89. The monoisotopic (exact) mass is 366 g/mol. The molecule has 1 fully saturated rings. The molecule has 0 aromatic heterocycles. The second kappa shape index (κ2) is 7.19. The van der Waals surface area contributed by atoms with Crippen molar-refractivity contribution >= 4 is 17.5 Å². The van der Waals surface area contributed by atoms with E-state index in [9.17, 15) is 9.59 Å². The summed E-state index contributed by atoms with van der Waals surface area (Å²) in [6.45, 7) is 3.87. The second-order valence-electron chi connectivity index (χ2n) is 7.67. The van der Waals surface area contributed by atoms with Crippen molar-refractivity contribution in [2.75, 3.05) is 25.0 Å². The van der Waals surface area contributed by atoms with E-state index in [0.29, 0.717) is 47.7 Å². The number of allylic oxidation sites excluding steroid dienone is 1. The van der Waals surface area contributed by atoms with Crippen molar-refractivity contribution < 1.29 is 9.59 Å². The topological polar surface area (TPSA) is 64.7 Å². The maximum Gasteiger partial charge on any atom is 0.257 e. The number of hydrogen-bond donors (Lipinski definition) is 2. The molecular weight excluding hydrogens is 340 g/mol. The third-order valence-corrected chi connectivity index (χ3v) is 5.82. The number of anilines is 1. The number of likely N-dealkylation sites (tertiary alicyclic amines) is 1. The first kappa shape index (κ1) is 17.8. The molecule has 2 atom stereocenters. The summed E-state index contributed by atoms with van der Waals surface area (Å²) < 4.78 is 0. The summed E-state index contributed by atoms with van der Waals surface area (Å²) in [6, 6.07) is 7.80. The normalized spacial score (nSPS) is 25.3. The van der Waals surface area contributed by atoms with E-state index in [1.54, 1.807) is 11.0 Å². The molecule has 1 aromatic rings. The summed E-state index contributed by atoms with van der Waals surface area (Å²) in [6.07, 6.45) is 6.35. The molecular formula is C21H26N4O2. The fourth-order valence-electron chi connectivity index (χ4n) is 4.15. The smallest absolute Gasteiger partial charge is 0.257 e. The molecule has 2 N–H and O–H groups in total. The van der Waals surface area contributed by atoms with Crippen LogP contribution in [-0.2, 0) is 4.79 Å². The molecule has 2 amide bonds. The van der Waals surface area contributed by atoms with E-state index < -0.39 is 0 Å². The Bertz CT molecular complexity index is 829. The molecule has 6 heteroatoms. The van der Waals surface area contributed by atoms with Crippen LogP contribution >= 0.6 is 0 Å². The number of hydrogen-bond acceptors (Lipinski definition) is 4. The maximum absolute atomic E-state index is 13.4. The van der Waals surface area contributed by atoms with Gasteiger partial charge in [0.25, 0.3) is 5.91 Å². The van der Waals surface area contributed by atoms with Crippen LogP contribution in [0.25, 0.3) is 0 Å². The molecule has 1 aromatic carbocycles. The first-order valence-electron chi connectivity index (χ1n) is 9.63. The summed E-state index contributed by atoms with van der Waals surface area (Å²) in [4.78, 5) is 30.1. The summed E-state index contributed by atoms with van der Waals surface area (Å²) in [7, 11) is 2.14. The highest BCUT2D eigenvalue weighted by atomic mass is 16.2. The van der Waals surface area contributed by atoms with Crippen LogP contribution in [0, 0.1) is 5.92 Å². The van der Waals surface area contributed by atoms with Gasteiger partial charge in [0.05, 0.1) is 16.9 Å². The van der Waals surface area contributed by atoms with E-state index in [0.717, 1.165) is 19.4 Å². The Morgan fingerprint density at radius 2 is 2.11 bits per heavy atom. The van der Waals surface area contributed by atoms with Gasteiger partial charge in [-0.05, 0) is 57.5 Å². The maximum atomic E-state index is 13.4. The van der Waals surface area contributed by atoms with Crippen LogP contribution < -0.4 is 15.5 Å². The van der Waals surface area contributed by atoms with E-state index in [1.165, 1.54) is 0 Å². The molecule has 0 radical (unpaired) electrons. The van der Waals surface area contributed by atoms with Crippen molar-refractivity contribution in [3.63, 3.8) is 0 Å². The van der Waals surface area contributed by atoms with Gasteiger partial charge in [0, 0.05) is 19.0 Å². The van der Waals surface area contributed by atoms with E-state index in [4.69, 9.17) is 0 Å².